The van der Waals surface area contributed by atoms with E-state index < -0.39 is 0 Å². The molecule has 2 rings (SSSR count). The van der Waals surface area contributed by atoms with E-state index in [1.165, 1.54) is 0 Å². The molecule has 84 valence electrons. The number of aromatic nitrogens is 2. The van der Waals surface area contributed by atoms with Crippen LogP contribution < -0.4 is 10.5 Å². The second-order valence-corrected chi connectivity index (χ2v) is 3.76. The van der Waals surface area contributed by atoms with E-state index in [-0.39, 0.29) is 0 Å². The van der Waals surface area contributed by atoms with Gasteiger partial charge in [0.25, 0.3) is 0 Å². The number of nitrogen functional groups attached to an aromatic ring is 1. The van der Waals surface area contributed by atoms with Crippen LogP contribution in [0.5, 0.6) is 5.75 Å². The van der Waals surface area contributed by atoms with Crippen LogP contribution in [0.25, 0.3) is 11.4 Å². The van der Waals surface area contributed by atoms with E-state index in [0.717, 1.165) is 28.5 Å². The van der Waals surface area contributed by atoms with Gasteiger partial charge in [-0.2, -0.15) is 0 Å². The molecule has 1 aromatic heterocycles. The minimum absolute atomic E-state index is 0.681. The van der Waals surface area contributed by atoms with E-state index in [4.69, 9.17) is 10.5 Å². The van der Waals surface area contributed by atoms with Crippen LogP contribution in [-0.2, 0) is 0 Å². The molecule has 0 aliphatic heterocycles. The van der Waals surface area contributed by atoms with Crippen LogP contribution in [0.3, 0.4) is 0 Å². The number of aryl methyl sites for hydroxylation is 2. The molecular weight excluding hydrogens is 202 g/mol. The Morgan fingerprint density at radius 2 is 2.06 bits per heavy atom. The number of nitrogens with two attached hydrogens (primary N) is 1. The first-order valence-electron chi connectivity index (χ1n) is 5.09. The highest BCUT2D eigenvalue weighted by Crippen LogP contribution is 2.30. The molecule has 2 aromatic rings. The van der Waals surface area contributed by atoms with Crippen molar-refractivity contribution in [2.45, 2.75) is 13.8 Å². The summed E-state index contributed by atoms with van der Waals surface area (Å²) in [6, 6.07) is 5.54. The average Bonchev–Trinajstić information content (AvgIpc) is 2.59. The predicted octanol–water partition coefficient (Wildman–Crippen LogP) is 2.28. The summed E-state index contributed by atoms with van der Waals surface area (Å²) in [4.78, 5) is 7.67. The second kappa shape index (κ2) is 3.89. The maximum atomic E-state index is 5.71. The molecule has 0 amide bonds. The van der Waals surface area contributed by atoms with E-state index in [1.54, 1.807) is 13.2 Å². The topological polar surface area (TPSA) is 63.9 Å². The number of hydrogen-bond donors (Lipinski definition) is 2. The van der Waals surface area contributed by atoms with Gasteiger partial charge >= 0.3 is 0 Å². The number of methoxy groups -OCH3 is 1. The van der Waals surface area contributed by atoms with Crippen molar-refractivity contribution in [3.05, 3.63) is 29.6 Å². The van der Waals surface area contributed by atoms with Crippen LogP contribution in [0.1, 0.15) is 11.4 Å². The quantitative estimate of drug-likeness (QED) is 0.758. The Hall–Kier alpha value is -1.97. The SMILES string of the molecule is COc1cc(N)ccc1-c1nc(C)c(C)[nH]1. The van der Waals surface area contributed by atoms with Crippen molar-refractivity contribution in [3.63, 3.8) is 0 Å². The summed E-state index contributed by atoms with van der Waals surface area (Å²) in [6.07, 6.45) is 0. The highest BCUT2D eigenvalue weighted by atomic mass is 16.5. The number of nitrogens with zero attached hydrogens (tertiary/aromatic N) is 1. The van der Waals surface area contributed by atoms with Crippen LogP contribution in [0.4, 0.5) is 5.69 Å². The van der Waals surface area contributed by atoms with E-state index >= 15 is 0 Å². The molecule has 0 spiro atoms. The van der Waals surface area contributed by atoms with Crippen LogP contribution in [0.2, 0.25) is 0 Å². The minimum atomic E-state index is 0.681. The number of H-pyrrole nitrogens is 1. The lowest BCUT2D eigenvalue weighted by Gasteiger charge is -2.06. The van der Waals surface area contributed by atoms with Gasteiger partial charge in [-0.25, -0.2) is 4.98 Å². The van der Waals surface area contributed by atoms with E-state index in [0.29, 0.717) is 5.69 Å². The molecule has 3 N–H and O–H groups in total. The maximum absolute atomic E-state index is 5.71. The lowest BCUT2D eigenvalue weighted by atomic mass is 10.1. The normalized spacial score (nSPS) is 10.4. The zero-order valence-electron chi connectivity index (χ0n) is 9.66. The minimum Gasteiger partial charge on any atom is -0.496 e. The van der Waals surface area contributed by atoms with Gasteiger partial charge in [-0.05, 0) is 26.0 Å². The smallest absolute Gasteiger partial charge is 0.141 e. The number of nitrogens with one attached hydrogen (secondary N) is 1. The molecule has 1 aromatic carbocycles. The molecule has 0 bridgehead atoms. The Labute approximate surface area is 94.5 Å². The third-order valence-electron chi connectivity index (χ3n) is 2.61. The summed E-state index contributed by atoms with van der Waals surface area (Å²) in [5.74, 6) is 1.54. The molecule has 1 heterocycles. The number of imidazole rings is 1. The first kappa shape index (κ1) is 10.5. The van der Waals surface area contributed by atoms with Gasteiger partial charge in [0, 0.05) is 17.4 Å². The van der Waals surface area contributed by atoms with Gasteiger partial charge in [0.1, 0.15) is 11.6 Å². The van der Waals surface area contributed by atoms with Crippen molar-refractivity contribution >= 4 is 5.69 Å². The molecule has 4 heteroatoms. The number of ether oxygens (including phenoxy) is 1. The Balaban J connectivity index is 2.55. The van der Waals surface area contributed by atoms with Crippen molar-refractivity contribution in [3.8, 4) is 17.1 Å². The summed E-state index contributed by atoms with van der Waals surface area (Å²) in [5.41, 5.74) is 9.37. The van der Waals surface area contributed by atoms with E-state index in [9.17, 15) is 0 Å². The molecule has 0 aliphatic carbocycles. The second-order valence-electron chi connectivity index (χ2n) is 3.76. The lowest BCUT2D eigenvalue weighted by molar-refractivity contribution is 0.416. The van der Waals surface area contributed by atoms with Gasteiger partial charge in [0.05, 0.1) is 18.4 Å². The van der Waals surface area contributed by atoms with Gasteiger partial charge in [0.15, 0.2) is 0 Å². The zero-order valence-corrected chi connectivity index (χ0v) is 9.66. The third kappa shape index (κ3) is 1.74. The van der Waals surface area contributed by atoms with Crippen molar-refractivity contribution in [2.75, 3.05) is 12.8 Å². The fraction of sp³-hybridized carbons (Fsp3) is 0.250. The zero-order chi connectivity index (χ0) is 11.7. The van der Waals surface area contributed by atoms with Crippen molar-refractivity contribution in [1.82, 2.24) is 9.97 Å². The van der Waals surface area contributed by atoms with Gasteiger partial charge < -0.3 is 15.5 Å². The highest BCUT2D eigenvalue weighted by molar-refractivity contribution is 5.68. The monoisotopic (exact) mass is 217 g/mol. The Bertz CT molecular complexity index is 497. The predicted molar refractivity (Wildman–Crippen MR) is 64.5 cm³/mol. The molecule has 0 atom stereocenters. The molecule has 4 nitrogen and oxygen atoms in total. The van der Waals surface area contributed by atoms with Crippen LogP contribution in [-0.4, -0.2) is 17.1 Å². The molecule has 0 saturated heterocycles. The summed E-state index contributed by atoms with van der Waals surface area (Å²) in [7, 11) is 1.63. The molecule has 0 radical (unpaired) electrons. The fourth-order valence-corrected chi connectivity index (χ4v) is 1.58. The summed E-state index contributed by atoms with van der Waals surface area (Å²) in [6.45, 7) is 3.97. The van der Waals surface area contributed by atoms with Crippen molar-refractivity contribution < 1.29 is 4.74 Å². The third-order valence-corrected chi connectivity index (χ3v) is 2.61. The first-order chi connectivity index (χ1) is 7.61. The molecule has 0 saturated carbocycles. The molecule has 0 aliphatic rings. The largest absolute Gasteiger partial charge is 0.496 e. The van der Waals surface area contributed by atoms with Gasteiger partial charge in [-0.3, -0.25) is 0 Å². The van der Waals surface area contributed by atoms with Crippen molar-refractivity contribution in [2.24, 2.45) is 0 Å². The Morgan fingerprint density at radius 1 is 1.31 bits per heavy atom. The number of aromatic amines is 1. The number of anilines is 1. The van der Waals surface area contributed by atoms with Crippen molar-refractivity contribution in [1.29, 1.82) is 0 Å². The van der Waals surface area contributed by atoms with E-state index in [1.807, 2.05) is 26.0 Å². The Kier molecular flexibility index (Phi) is 2.56. The Morgan fingerprint density at radius 3 is 2.62 bits per heavy atom. The number of rotatable bonds is 2. The summed E-state index contributed by atoms with van der Waals surface area (Å²) < 4.78 is 5.29. The number of benzene rings is 1. The van der Waals surface area contributed by atoms with Crippen LogP contribution >= 0.6 is 0 Å². The van der Waals surface area contributed by atoms with Crippen LogP contribution in [0, 0.1) is 13.8 Å². The standard InChI is InChI=1S/C12H15N3O/c1-7-8(2)15-12(14-7)10-5-4-9(13)6-11(10)16-3/h4-6H,13H2,1-3H3,(H,14,15). The highest BCUT2D eigenvalue weighted by Gasteiger charge is 2.10. The molecule has 0 unspecified atom stereocenters. The average molecular weight is 217 g/mol. The summed E-state index contributed by atoms with van der Waals surface area (Å²) >= 11 is 0. The number of hydrogen-bond acceptors (Lipinski definition) is 3. The fourth-order valence-electron chi connectivity index (χ4n) is 1.58. The lowest BCUT2D eigenvalue weighted by Crippen LogP contribution is -1.92. The molecular formula is C12H15N3O. The van der Waals surface area contributed by atoms with Crippen LogP contribution in [0.15, 0.2) is 18.2 Å². The molecule has 0 fully saturated rings. The van der Waals surface area contributed by atoms with E-state index in [2.05, 4.69) is 9.97 Å². The van der Waals surface area contributed by atoms with Gasteiger partial charge in [0.2, 0.25) is 0 Å². The molecule has 16 heavy (non-hydrogen) atoms. The summed E-state index contributed by atoms with van der Waals surface area (Å²) in [5, 5.41) is 0. The van der Waals surface area contributed by atoms with Gasteiger partial charge in [-0.1, -0.05) is 0 Å². The maximum Gasteiger partial charge on any atom is 0.141 e. The first-order valence-corrected chi connectivity index (χ1v) is 5.09. The van der Waals surface area contributed by atoms with Gasteiger partial charge in [-0.15, -0.1) is 0 Å².